The topological polar surface area (TPSA) is 79.0 Å². The molecule has 0 aliphatic carbocycles. The summed E-state index contributed by atoms with van der Waals surface area (Å²) in [5.74, 6) is 0.243. The van der Waals surface area contributed by atoms with E-state index in [4.69, 9.17) is 0 Å². The van der Waals surface area contributed by atoms with Crippen molar-refractivity contribution in [2.75, 3.05) is 18.8 Å². The summed E-state index contributed by atoms with van der Waals surface area (Å²) in [6.45, 7) is 3.68. The Morgan fingerprint density at radius 2 is 2.37 bits per heavy atom. The van der Waals surface area contributed by atoms with Gasteiger partial charge in [0.25, 0.3) is 0 Å². The second kappa shape index (κ2) is 4.57. The molecule has 0 spiro atoms. The molecule has 3 heterocycles. The number of rotatable bonds is 2. The van der Waals surface area contributed by atoms with Gasteiger partial charge in [-0.05, 0) is 12.5 Å². The molecule has 1 unspecified atom stereocenters. The van der Waals surface area contributed by atoms with Crippen LogP contribution in [-0.4, -0.2) is 52.4 Å². The molecule has 0 radical (unpaired) electrons. The molecule has 102 valence electrons. The quantitative estimate of drug-likeness (QED) is 0.870. The zero-order valence-electron chi connectivity index (χ0n) is 10.7. The molecule has 0 aromatic carbocycles. The van der Waals surface area contributed by atoms with Crippen molar-refractivity contribution in [3.63, 3.8) is 0 Å². The Morgan fingerprint density at radius 1 is 1.53 bits per heavy atom. The molecule has 6 nitrogen and oxygen atoms in total. The molecule has 1 saturated heterocycles. The summed E-state index contributed by atoms with van der Waals surface area (Å²) in [4.78, 5) is 13.5. The standard InChI is InChI=1S/C12H16N4O2S/c1-9-6-16(2-3-19(9,17)18)7-10-4-14-12-11(10)5-13-8-15-12/h4-5,8-9H,2-3,6-7H2,1H3,(H,13,14,15). The zero-order valence-corrected chi connectivity index (χ0v) is 11.5. The van der Waals surface area contributed by atoms with E-state index in [1.165, 1.54) is 6.33 Å². The predicted octanol–water partition coefficient (Wildman–Crippen LogP) is 0.577. The number of hydrogen-bond acceptors (Lipinski definition) is 5. The van der Waals surface area contributed by atoms with Crippen LogP contribution in [0.4, 0.5) is 0 Å². The van der Waals surface area contributed by atoms with Crippen molar-refractivity contribution >= 4 is 20.9 Å². The number of aromatic nitrogens is 3. The molecule has 0 bridgehead atoms. The Kier molecular flexibility index (Phi) is 3.02. The summed E-state index contributed by atoms with van der Waals surface area (Å²) in [6.07, 6.45) is 5.23. The van der Waals surface area contributed by atoms with Crippen LogP contribution in [0.3, 0.4) is 0 Å². The van der Waals surface area contributed by atoms with Crippen molar-refractivity contribution in [1.29, 1.82) is 0 Å². The highest BCUT2D eigenvalue weighted by Crippen LogP contribution is 2.19. The van der Waals surface area contributed by atoms with Gasteiger partial charge in [0.15, 0.2) is 9.84 Å². The number of hydrogen-bond donors (Lipinski definition) is 1. The van der Waals surface area contributed by atoms with Crippen molar-refractivity contribution < 1.29 is 8.42 Å². The molecule has 1 fully saturated rings. The van der Waals surface area contributed by atoms with Gasteiger partial charge in [-0.3, -0.25) is 4.90 Å². The molecule has 2 aromatic rings. The monoisotopic (exact) mass is 280 g/mol. The Morgan fingerprint density at radius 3 is 3.16 bits per heavy atom. The fourth-order valence-electron chi connectivity index (χ4n) is 2.45. The summed E-state index contributed by atoms with van der Waals surface area (Å²) in [5, 5.41) is 0.714. The van der Waals surface area contributed by atoms with Crippen molar-refractivity contribution in [3.05, 3.63) is 24.3 Å². The van der Waals surface area contributed by atoms with Gasteiger partial charge in [0.05, 0.1) is 11.0 Å². The van der Waals surface area contributed by atoms with E-state index in [2.05, 4.69) is 19.9 Å². The predicted molar refractivity (Wildman–Crippen MR) is 72.4 cm³/mol. The van der Waals surface area contributed by atoms with Crippen LogP contribution in [0, 0.1) is 0 Å². The van der Waals surface area contributed by atoms with Crippen LogP contribution in [0.15, 0.2) is 18.7 Å². The molecule has 3 rings (SSSR count). The van der Waals surface area contributed by atoms with E-state index in [1.807, 2.05) is 6.20 Å². The number of sulfone groups is 1. The van der Waals surface area contributed by atoms with E-state index in [9.17, 15) is 8.42 Å². The number of nitrogens with zero attached hydrogens (tertiary/aromatic N) is 3. The molecule has 0 amide bonds. The first-order valence-electron chi connectivity index (χ1n) is 6.26. The molecule has 2 aromatic heterocycles. The number of nitrogens with one attached hydrogen (secondary N) is 1. The molecule has 1 N–H and O–H groups in total. The third-order valence-electron chi connectivity index (χ3n) is 3.66. The maximum absolute atomic E-state index is 11.7. The Balaban J connectivity index is 1.79. The summed E-state index contributed by atoms with van der Waals surface area (Å²) >= 11 is 0. The average Bonchev–Trinajstić information content (AvgIpc) is 2.78. The highest BCUT2D eigenvalue weighted by Gasteiger charge is 2.29. The van der Waals surface area contributed by atoms with Crippen LogP contribution in [0.1, 0.15) is 12.5 Å². The molecule has 0 saturated carbocycles. The van der Waals surface area contributed by atoms with Crippen LogP contribution in [0.5, 0.6) is 0 Å². The molecular formula is C12H16N4O2S. The summed E-state index contributed by atoms with van der Waals surface area (Å²) in [5.41, 5.74) is 1.93. The highest BCUT2D eigenvalue weighted by molar-refractivity contribution is 7.92. The maximum Gasteiger partial charge on any atom is 0.155 e. The van der Waals surface area contributed by atoms with Gasteiger partial charge < -0.3 is 4.98 Å². The molecule has 1 aliphatic rings. The van der Waals surface area contributed by atoms with Gasteiger partial charge in [-0.2, -0.15) is 0 Å². The molecule has 7 heteroatoms. The average molecular weight is 280 g/mol. The lowest BCUT2D eigenvalue weighted by Gasteiger charge is -2.30. The van der Waals surface area contributed by atoms with E-state index in [-0.39, 0.29) is 11.0 Å². The lowest BCUT2D eigenvalue weighted by molar-refractivity contribution is 0.271. The van der Waals surface area contributed by atoms with Crippen molar-refractivity contribution in [2.45, 2.75) is 18.7 Å². The van der Waals surface area contributed by atoms with Crippen LogP contribution in [-0.2, 0) is 16.4 Å². The second-order valence-electron chi connectivity index (χ2n) is 5.01. The third-order valence-corrected chi connectivity index (χ3v) is 5.78. The van der Waals surface area contributed by atoms with Crippen molar-refractivity contribution in [1.82, 2.24) is 19.9 Å². The van der Waals surface area contributed by atoms with Crippen molar-refractivity contribution in [2.24, 2.45) is 0 Å². The third kappa shape index (κ3) is 2.35. The first-order valence-corrected chi connectivity index (χ1v) is 7.98. The molecule has 19 heavy (non-hydrogen) atoms. The van der Waals surface area contributed by atoms with Gasteiger partial charge in [-0.15, -0.1) is 0 Å². The van der Waals surface area contributed by atoms with Crippen LogP contribution >= 0.6 is 0 Å². The summed E-state index contributed by atoms with van der Waals surface area (Å²) < 4.78 is 23.4. The van der Waals surface area contributed by atoms with E-state index >= 15 is 0 Å². The Bertz CT molecular complexity index is 695. The zero-order chi connectivity index (χ0) is 13.5. The lowest BCUT2D eigenvalue weighted by Crippen LogP contribution is -2.44. The number of fused-ring (bicyclic) bond motifs is 1. The lowest BCUT2D eigenvalue weighted by atomic mass is 10.2. The van der Waals surface area contributed by atoms with E-state index < -0.39 is 9.84 Å². The minimum atomic E-state index is -2.89. The summed E-state index contributed by atoms with van der Waals surface area (Å²) in [7, 11) is -2.89. The van der Waals surface area contributed by atoms with Gasteiger partial charge in [-0.25, -0.2) is 18.4 Å². The fraction of sp³-hybridized carbons (Fsp3) is 0.500. The minimum Gasteiger partial charge on any atom is -0.346 e. The largest absolute Gasteiger partial charge is 0.346 e. The van der Waals surface area contributed by atoms with E-state index in [0.29, 0.717) is 13.1 Å². The minimum absolute atomic E-state index is 0.243. The molecular weight excluding hydrogens is 264 g/mol. The van der Waals surface area contributed by atoms with Crippen molar-refractivity contribution in [3.8, 4) is 0 Å². The van der Waals surface area contributed by atoms with Crippen LogP contribution in [0.2, 0.25) is 0 Å². The normalized spacial score (nSPS) is 23.7. The molecule has 1 atom stereocenters. The Hall–Kier alpha value is -1.47. The number of H-pyrrole nitrogens is 1. The van der Waals surface area contributed by atoms with Gasteiger partial charge in [0, 0.05) is 37.4 Å². The van der Waals surface area contributed by atoms with Gasteiger partial charge in [0.1, 0.15) is 12.0 Å². The Labute approximate surface area is 111 Å². The van der Waals surface area contributed by atoms with E-state index in [1.54, 1.807) is 13.1 Å². The van der Waals surface area contributed by atoms with Crippen LogP contribution in [0.25, 0.3) is 11.0 Å². The summed E-state index contributed by atoms with van der Waals surface area (Å²) in [6, 6.07) is 0. The van der Waals surface area contributed by atoms with Crippen LogP contribution < -0.4 is 0 Å². The van der Waals surface area contributed by atoms with Gasteiger partial charge in [0.2, 0.25) is 0 Å². The first kappa shape index (κ1) is 12.6. The smallest absolute Gasteiger partial charge is 0.155 e. The van der Waals surface area contributed by atoms with Gasteiger partial charge in [-0.1, -0.05) is 0 Å². The highest BCUT2D eigenvalue weighted by atomic mass is 32.2. The number of aromatic amines is 1. The fourth-order valence-corrected chi connectivity index (χ4v) is 3.81. The van der Waals surface area contributed by atoms with Gasteiger partial charge >= 0.3 is 0 Å². The second-order valence-corrected chi connectivity index (χ2v) is 7.55. The van der Waals surface area contributed by atoms with E-state index in [0.717, 1.165) is 23.1 Å². The first-order chi connectivity index (χ1) is 9.06. The molecule has 1 aliphatic heterocycles. The maximum atomic E-state index is 11.7. The SMILES string of the molecule is CC1CN(Cc2c[nH]c3ncncc23)CCS1(=O)=O.